The van der Waals surface area contributed by atoms with E-state index in [1.54, 1.807) is 11.8 Å². The van der Waals surface area contributed by atoms with E-state index in [4.69, 9.17) is 0 Å². The molecule has 5 rings (SSSR count). The highest BCUT2D eigenvalue weighted by Gasteiger charge is 2.24. The molecule has 7 heteroatoms. The highest BCUT2D eigenvalue weighted by molar-refractivity contribution is 8.00. The maximum absolute atomic E-state index is 13.1. The van der Waals surface area contributed by atoms with Gasteiger partial charge in [-0.05, 0) is 24.3 Å². The van der Waals surface area contributed by atoms with Crippen LogP contribution in [-0.2, 0) is 4.79 Å². The number of thioether (sulfide) groups is 2. The van der Waals surface area contributed by atoms with E-state index in [1.165, 1.54) is 11.8 Å². The number of hydrogen-bond donors (Lipinski definition) is 0. The van der Waals surface area contributed by atoms with Crippen LogP contribution in [0.5, 0.6) is 0 Å². The number of rotatable bonds is 5. The minimum absolute atomic E-state index is 0.0848. The molecule has 1 amide bonds. The summed E-state index contributed by atoms with van der Waals surface area (Å²) < 4.78 is 2.02. The predicted molar refractivity (Wildman–Crippen MR) is 127 cm³/mol. The molecule has 2 heterocycles. The second kappa shape index (κ2) is 8.99. The molecule has 154 valence electrons. The number of carbonyl (C=O) groups is 1. The third-order valence-electron chi connectivity index (χ3n) is 5.03. The second-order valence-electron chi connectivity index (χ2n) is 6.99. The number of carbonyl (C=O) groups excluding carboxylic acids is 1. The zero-order valence-electron chi connectivity index (χ0n) is 16.7. The predicted octanol–water partition coefficient (Wildman–Crippen LogP) is 5.17. The molecule has 3 aromatic carbocycles. The van der Waals surface area contributed by atoms with Gasteiger partial charge in [-0.3, -0.25) is 9.36 Å². The molecule has 0 N–H and O–H groups in total. The number of benzene rings is 3. The van der Waals surface area contributed by atoms with E-state index in [9.17, 15) is 4.79 Å². The Morgan fingerprint density at radius 1 is 0.903 bits per heavy atom. The van der Waals surface area contributed by atoms with Crippen molar-refractivity contribution >= 4 is 35.1 Å². The van der Waals surface area contributed by atoms with E-state index < -0.39 is 0 Å². The maximum Gasteiger partial charge on any atom is 0.237 e. The SMILES string of the molecule is O=C(CSc1nnc(-c2ccccc2)n1-c1ccccc1)N1CCSc2ccccc21. The number of nitrogens with zero attached hydrogens (tertiary/aromatic N) is 4. The van der Waals surface area contributed by atoms with Crippen LogP contribution in [0.1, 0.15) is 0 Å². The van der Waals surface area contributed by atoms with Gasteiger partial charge in [-0.25, -0.2) is 0 Å². The number of amides is 1. The van der Waals surface area contributed by atoms with Crippen molar-refractivity contribution in [2.45, 2.75) is 10.1 Å². The van der Waals surface area contributed by atoms with Gasteiger partial charge in [0, 0.05) is 28.4 Å². The molecule has 0 radical (unpaired) electrons. The number of para-hydroxylation sites is 2. The van der Waals surface area contributed by atoms with Crippen LogP contribution in [-0.4, -0.2) is 38.7 Å². The molecule has 1 aliphatic rings. The van der Waals surface area contributed by atoms with Crippen LogP contribution in [0, 0.1) is 0 Å². The average Bonchev–Trinajstić information content (AvgIpc) is 3.27. The summed E-state index contributed by atoms with van der Waals surface area (Å²) in [5, 5.41) is 9.59. The van der Waals surface area contributed by atoms with E-state index in [0.717, 1.165) is 40.0 Å². The van der Waals surface area contributed by atoms with Gasteiger partial charge >= 0.3 is 0 Å². The Kier molecular flexibility index (Phi) is 5.78. The number of fused-ring (bicyclic) bond motifs is 1. The van der Waals surface area contributed by atoms with E-state index in [-0.39, 0.29) is 5.91 Å². The normalized spacial score (nSPS) is 13.1. The van der Waals surface area contributed by atoms with Gasteiger partial charge in [0.2, 0.25) is 5.91 Å². The van der Waals surface area contributed by atoms with Crippen LogP contribution in [0.15, 0.2) is 95.0 Å². The molecule has 0 atom stereocenters. The van der Waals surface area contributed by atoms with Gasteiger partial charge in [0.05, 0.1) is 11.4 Å². The first-order valence-electron chi connectivity index (χ1n) is 10.0. The molecule has 0 spiro atoms. The Morgan fingerprint density at radius 2 is 1.61 bits per heavy atom. The van der Waals surface area contributed by atoms with Crippen molar-refractivity contribution in [2.75, 3.05) is 23.0 Å². The first-order valence-corrected chi connectivity index (χ1v) is 12.0. The molecule has 1 aromatic heterocycles. The molecule has 0 saturated carbocycles. The third-order valence-corrected chi connectivity index (χ3v) is 6.99. The van der Waals surface area contributed by atoms with Crippen LogP contribution < -0.4 is 4.90 Å². The molecule has 31 heavy (non-hydrogen) atoms. The summed E-state index contributed by atoms with van der Waals surface area (Å²) in [6.07, 6.45) is 0. The number of hydrogen-bond acceptors (Lipinski definition) is 5. The van der Waals surface area contributed by atoms with Gasteiger partial charge in [-0.1, -0.05) is 72.4 Å². The molecule has 4 aromatic rings. The minimum atomic E-state index is 0.0848. The van der Waals surface area contributed by atoms with Crippen molar-refractivity contribution in [2.24, 2.45) is 0 Å². The zero-order valence-corrected chi connectivity index (χ0v) is 18.4. The smallest absolute Gasteiger partial charge is 0.237 e. The zero-order chi connectivity index (χ0) is 21.0. The van der Waals surface area contributed by atoms with Crippen LogP contribution in [0.4, 0.5) is 5.69 Å². The minimum Gasteiger partial charge on any atom is -0.310 e. The van der Waals surface area contributed by atoms with E-state index in [0.29, 0.717) is 10.9 Å². The summed E-state index contributed by atoms with van der Waals surface area (Å²) in [5.74, 6) is 2.06. The summed E-state index contributed by atoms with van der Waals surface area (Å²) in [4.78, 5) is 16.1. The van der Waals surface area contributed by atoms with Gasteiger partial charge in [0.15, 0.2) is 11.0 Å². The Bertz CT molecular complexity index is 1190. The molecule has 1 aliphatic heterocycles. The van der Waals surface area contributed by atoms with E-state index in [1.807, 2.05) is 88.3 Å². The average molecular weight is 445 g/mol. The Morgan fingerprint density at radius 3 is 2.42 bits per heavy atom. The molecule has 0 aliphatic carbocycles. The summed E-state index contributed by atoms with van der Waals surface area (Å²) in [5.41, 5.74) is 2.96. The quantitative estimate of drug-likeness (QED) is 0.398. The van der Waals surface area contributed by atoms with E-state index in [2.05, 4.69) is 16.3 Å². The summed E-state index contributed by atoms with van der Waals surface area (Å²) in [6, 6.07) is 28.1. The van der Waals surface area contributed by atoms with Crippen LogP contribution in [0.3, 0.4) is 0 Å². The molecule has 0 fully saturated rings. The molecule has 0 unspecified atom stereocenters. The van der Waals surface area contributed by atoms with Gasteiger partial charge in [0.25, 0.3) is 0 Å². The Balaban J connectivity index is 1.43. The van der Waals surface area contributed by atoms with Crippen LogP contribution in [0.25, 0.3) is 17.1 Å². The summed E-state index contributed by atoms with van der Waals surface area (Å²) >= 11 is 3.22. The van der Waals surface area contributed by atoms with E-state index >= 15 is 0 Å². The topological polar surface area (TPSA) is 51.0 Å². The largest absolute Gasteiger partial charge is 0.310 e. The van der Waals surface area contributed by atoms with Crippen LogP contribution in [0.2, 0.25) is 0 Å². The monoisotopic (exact) mass is 444 g/mol. The van der Waals surface area contributed by atoms with Crippen molar-refractivity contribution in [1.29, 1.82) is 0 Å². The van der Waals surface area contributed by atoms with Gasteiger partial charge in [0.1, 0.15) is 0 Å². The Hall–Kier alpha value is -3.03. The Labute approximate surface area is 189 Å². The molecular formula is C24H20N4OS2. The first kappa shape index (κ1) is 19.9. The lowest BCUT2D eigenvalue weighted by molar-refractivity contribution is -0.116. The maximum atomic E-state index is 13.1. The number of aromatic nitrogens is 3. The highest BCUT2D eigenvalue weighted by Crippen LogP contribution is 2.35. The lowest BCUT2D eigenvalue weighted by Gasteiger charge is -2.28. The van der Waals surface area contributed by atoms with Crippen molar-refractivity contribution in [3.8, 4) is 17.1 Å². The molecule has 5 nitrogen and oxygen atoms in total. The lowest BCUT2D eigenvalue weighted by atomic mass is 10.2. The first-order chi connectivity index (χ1) is 15.3. The second-order valence-corrected chi connectivity index (χ2v) is 9.07. The lowest BCUT2D eigenvalue weighted by Crippen LogP contribution is -2.36. The fourth-order valence-electron chi connectivity index (χ4n) is 3.58. The van der Waals surface area contributed by atoms with Gasteiger partial charge < -0.3 is 4.90 Å². The van der Waals surface area contributed by atoms with Crippen molar-refractivity contribution in [3.63, 3.8) is 0 Å². The fraction of sp³-hybridized carbons (Fsp3) is 0.125. The highest BCUT2D eigenvalue weighted by atomic mass is 32.2. The van der Waals surface area contributed by atoms with Crippen molar-refractivity contribution < 1.29 is 4.79 Å². The van der Waals surface area contributed by atoms with Crippen LogP contribution >= 0.6 is 23.5 Å². The third kappa shape index (κ3) is 4.11. The van der Waals surface area contributed by atoms with Gasteiger partial charge in [-0.15, -0.1) is 22.0 Å². The standard InChI is InChI=1S/C24H20N4OS2/c29-22(27-15-16-30-21-14-8-7-13-20(21)27)17-31-24-26-25-23(18-9-3-1-4-10-18)28(24)19-11-5-2-6-12-19/h1-14H,15-17H2. The summed E-state index contributed by atoms with van der Waals surface area (Å²) in [7, 11) is 0. The van der Waals surface area contributed by atoms with Crippen molar-refractivity contribution in [3.05, 3.63) is 84.9 Å². The summed E-state index contributed by atoms with van der Waals surface area (Å²) in [6.45, 7) is 0.724. The molecular weight excluding hydrogens is 424 g/mol. The van der Waals surface area contributed by atoms with Gasteiger partial charge in [-0.2, -0.15) is 0 Å². The molecule has 0 saturated heterocycles. The fourth-order valence-corrected chi connectivity index (χ4v) is 5.40. The molecule has 0 bridgehead atoms. The van der Waals surface area contributed by atoms with Crippen molar-refractivity contribution in [1.82, 2.24) is 14.8 Å². The number of anilines is 1.